The van der Waals surface area contributed by atoms with Crippen LogP contribution in [0.4, 0.5) is 0 Å². The van der Waals surface area contributed by atoms with Crippen LogP contribution >= 0.6 is 0 Å². The Morgan fingerprint density at radius 2 is 2.14 bits per heavy atom. The van der Waals surface area contributed by atoms with Crippen molar-refractivity contribution in [2.24, 2.45) is 0 Å². The third-order valence-corrected chi connectivity index (χ3v) is 3.54. The molecule has 1 aliphatic rings. The molecule has 1 heterocycles. The maximum absolute atomic E-state index is 9.83. The Labute approximate surface area is 132 Å². The number of rotatable bonds is 9. The molecule has 1 aliphatic heterocycles. The van der Waals surface area contributed by atoms with Crippen molar-refractivity contribution in [2.45, 2.75) is 44.7 Å². The summed E-state index contributed by atoms with van der Waals surface area (Å²) < 4.78 is 16.6. The predicted molar refractivity (Wildman–Crippen MR) is 85.4 cm³/mol. The van der Waals surface area contributed by atoms with E-state index >= 15 is 0 Å². The minimum Gasteiger partial charge on any atom is -0.389 e. The molecule has 0 spiro atoms. The summed E-state index contributed by atoms with van der Waals surface area (Å²) in [6.07, 6.45) is 6.87. The van der Waals surface area contributed by atoms with E-state index in [4.69, 9.17) is 14.2 Å². The summed E-state index contributed by atoms with van der Waals surface area (Å²) in [7, 11) is 0. The Morgan fingerprint density at radius 1 is 1.27 bits per heavy atom. The standard InChI is InChI=1S/C18H26O4/c19-17(9-6-13-22-18-10-4-5-12-21-18)11-14-20-15-16-7-2-1-3-8-16/h1-3,6-9,17-19H,4-5,10-15H2/b9-6+/t17-,18?/m1/s1. The maximum Gasteiger partial charge on any atom is 0.157 e. The molecule has 2 atom stereocenters. The number of hydrogen-bond acceptors (Lipinski definition) is 4. The molecule has 0 saturated carbocycles. The van der Waals surface area contributed by atoms with Crippen molar-refractivity contribution in [2.75, 3.05) is 19.8 Å². The first kappa shape index (κ1) is 17.2. The van der Waals surface area contributed by atoms with Gasteiger partial charge in [-0.1, -0.05) is 42.5 Å². The second-order valence-corrected chi connectivity index (χ2v) is 5.45. The lowest BCUT2D eigenvalue weighted by Gasteiger charge is -2.21. The van der Waals surface area contributed by atoms with Crippen molar-refractivity contribution in [1.29, 1.82) is 0 Å². The molecule has 0 amide bonds. The molecule has 0 aliphatic carbocycles. The molecule has 4 nitrogen and oxygen atoms in total. The Balaban J connectivity index is 1.49. The zero-order chi connectivity index (χ0) is 15.5. The third kappa shape index (κ3) is 7.18. The van der Waals surface area contributed by atoms with Crippen LogP contribution in [0.2, 0.25) is 0 Å². The Morgan fingerprint density at radius 3 is 2.91 bits per heavy atom. The van der Waals surface area contributed by atoms with Gasteiger partial charge in [-0.3, -0.25) is 0 Å². The number of aliphatic hydroxyl groups is 1. The van der Waals surface area contributed by atoms with Crippen LogP contribution in [0.5, 0.6) is 0 Å². The lowest BCUT2D eigenvalue weighted by Crippen LogP contribution is -2.22. The van der Waals surface area contributed by atoms with E-state index in [1.54, 1.807) is 6.08 Å². The molecule has 1 fully saturated rings. The van der Waals surface area contributed by atoms with Gasteiger partial charge in [-0.2, -0.15) is 0 Å². The fourth-order valence-electron chi connectivity index (χ4n) is 2.28. The highest BCUT2D eigenvalue weighted by molar-refractivity contribution is 5.13. The third-order valence-electron chi connectivity index (χ3n) is 3.54. The number of aliphatic hydroxyl groups excluding tert-OH is 1. The van der Waals surface area contributed by atoms with Crippen molar-refractivity contribution in [1.82, 2.24) is 0 Å². The average Bonchev–Trinajstić information content (AvgIpc) is 2.57. The Bertz CT molecular complexity index is 412. The highest BCUT2D eigenvalue weighted by atomic mass is 16.7. The van der Waals surface area contributed by atoms with Crippen molar-refractivity contribution in [3.63, 3.8) is 0 Å². The monoisotopic (exact) mass is 306 g/mol. The van der Waals surface area contributed by atoms with Gasteiger partial charge in [0.1, 0.15) is 0 Å². The molecule has 1 N–H and O–H groups in total. The Kier molecular flexibility index (Phi) is 8.20. The summed E-state index contributed by atoms with van der Waals surface area (Å²) in [6.45, 7) is 2.38. The van der Waals surface area contributed by atoms with E-state index in [1.165, 1.54) is 0 Å². The van der Waals surface area contributed by atoms with Crippen LogP contribution in [0, 0.1) is 0 Å². The highest BCUT2D eigenvalue weighted by Gasteiger charge is 2.12. The molecular formula is C18H26O4. The molecule has 1 aromatic rings. The molecule has 22 heavy (non-hydrogen) atoms. The first-order valence-electron chi connectivity index (χ1n) is 8.04. The minimum absolute atomic E-state index is 0.0789. The lowest BCUT2D eigenvalue weighted by molar-refractivity contribution is -0.155. The highest BCUT2D eigenvalue weighted by Crippen LogP contribution is 2.13. The smallest absolute Gasteiger partial charge is 0.157 e. The largest absolute Gasteiger partial charge is 0.389 e. The van der Waals surface area contributed by atoms with E-state index in [0.717, 1.165) is 31.4 Å². The van der Waals surface area contributed by atoms with Crippen LogP contribution in [-0.2, 0) is 20.8 Å². The van der Waals surface area contributed by atoms with Gasteiger partial charge in [-0.15, -0.1) is 0 Å². The molecular weight excluding hydrogens is 280 g/mol. The predicted octanol–water partition coefficient (Wildman–Crippen LogP) is 3.05. The molecule has 0 bridgehead atoms. The lowest BCUT2D eigenvalue weighted by atomic mass is 10.2. The fraction of sp³-hybridized carbons (Fsp3) is 0.556. The van der Waals surface area contributed by atoms with Crippen LogP contribution in [0.3, 0.4) is 0 Å². The van der Waals surface area contributed by atoms with E-state index in [1.807, 2.05) is 36.4 Å². The van der Waals surface area contributed by atoms with Gasteiger partial charge in [0.2, 0.25) is 0 Å². The van der Waals surface area contributed by atoms with Crippen molar-refractivity contribution in [3.05, 3.63) is 48.0 Å². The van der Waals surface area contributed by atoms with Crippen molar-refractivity contribution < 1.29 is 19.3 Å². The molecule has 122 valence electrons. The van der Waals surface area contributed by atoms with Gasteiger partial charge in [-0.25, -0.2) is 0 Å². The summed E-state index contributed by atoms with van der Waals surface area (Å²) in [6, 6.07) is 10.0. The summed E-state index contributed by atoms with van der Waals surface area (Å²) in [5.74, 6) is 0. The maximum atomic E-state index is 9.83. The van der Waals surface area contributed by atoms with E-state index < -0.39 is 6.10 Å². The summed E-state index contributed by atoms with van der Waals surface area (Å²) >= 11 is 0. The van der Waals surface area contributed by atoms with Crippen molar-refractivity contribution >= 4 is 0 Å². The van der Waals surface area contributed by atoms with Gasteiger partial charge in [0.15, 0.2) is 6.29 Å². The quantitative estimate of drug-likeness (QED) is 0.563. The summed E-state index contributed by atoms with van der Waals surface area (Å²) in [5, 5.41) is 9.83. The van der Waals surface area contributed by atoms with Crippen LogP contribution in [0.1, 0.15) is 31.2 Å². The zero-order valence-electron chi connectivity index (χ0n) is 13.0. The van der Waals surface area contributed by atoms with Gasteiger partial charge in [0.25, 0.3) is 0 Å². The number of ether oxygens (including phenoxy) is 3. The topological polar surface area (TPSA) is 47.9 Å². The van der Waals surface area contributed by atoms with Gasteiger partial charge < -0.3 is 19.3 Å². The molecule has 0 radical (unpaired) electrons. The van der Waals surface area contributed by atoms with Crippen LogP contribution in [0.25, 0.3) is 0 Å². The zero-order valence-corrected chi connectivity index (χ0v) is 13.0. The van der Waals surface area contributed by atoms with E-state index in [2.05, 4.69) is 0 Å². The first-order valence-corrected chi connectivity index (χ1v) is 8.04. The second-order valence-electron chi connectivity index (χ2n) is 5.45. The SMILES string of the molecule is O[C@H](/C=C/COC1CCCCO1)CCOCc1ccccc1. The van der Waals surface area contributed by atoms with Gasteiger partial charge in [0.05, 0.1) is 19.3 Å². The molecule has 2 rings (SSSR count). The first-order chi connectivity index (χ1) is 10.8. The molecule has 1 unspecified atom stereocenters. The summed E-state index contributed by atoms with van der Waals surface area (Å²) in [4.78, 5) is 0. The van der Waals surface area contributed by atoms with Crippen LogP contribution in [0.15, 0.2) is 42.5 Å². The molecule has 0 aromatic heterocycles. The summed E-state index contributed by atoms with van der Waals surface area (Å²) in [5.41, 5.74) is 1.15. The number of hydrogen-bond donors (Lipinski definition) is 1. The molecule has 1 aromatic carbocycles. The number of benzene rings is 1. The van der Waals surface area contributed by atoms with Crippen LogP contribution in [-0.4, -0.2) is 37.3 Å². The van der Waals surface area contributed by atoms with E-state index in [0.29, 0.717) is 26.2 Å². The molecule has 1 saturated heterocycles. The van der Waals surface area contributed by atoms with Gasteiger partial charge in [-0.05, 0) is 24.8 Å². The normalized spacial score (nSPS) is 20.3. The van der Waals surface area contributed by atoms with Crippen molar-refractivity contribution in [3.8, 4) is 0 Å². The Hall–Kier alpha value is -1.20. The minimum atomic E-state index is -0.494. The second kappa shape index (κ2) is 10.5. The van der Waals surface area contributed by atoms with E-state index in [9.17, 15) is 5.11 Å². The van der Waals surface area contributed by atoms with Crippen LogP contribution < -0.4 is 0 Å². The van der Waals surface area contributed by atoms with Gasteiger partial charge >= 0.3 is 0 Å². The molecule has 4 heteroatoms. The fourth-order valence-corrected chi connectivity index (χ4v) is 2.28. The van der Waals surface area contributed by atoms with E-state index in [-0.39, 0.29) is 6.29 Å². The average molecular weight is 306 g/mol. The van der Waals surface area contributed by atoms with Gasteiger partial charge in [0, 0.05) is 19.6 Å².